The van der Waals surface area contributed by atoms with Gasteiger partial charge >= 0.3 is 0 Å². The van der Waals surface area contributed by atoms with E-state index in [9.17, 15) is 5.11 Å². The first-order chi connectivity index (χ1) is 9.23. The van der Waals surface area contributed by atoms with E-state index in [1.54, 1.807) is 0 Å². The second-order valence-corrected chi connectivity index (χ2v) is 7.34. The number of aryl methyl sites for hydroxylation is 2. The summed E-state index contributed by atoms with van der Waals surface area (Å²) in [5, 5.41) is 15.9. The molecule has 0 aliphatic heterocycles. The van der Waals surface area contributed by atoms with Crippen LogP contribution >= 0.6 is 11.6 Å². The van der Waals surface area contributed by atoms with Gasteiger partial charge in [-0.05, 0) is 25.2 Å². The molecule has 0 spiro atoms. The smallest absolute Gasteiger partial charge is 0.0847 e. The van der Waals surface area contributed by atoms with Crippen LogP contribution in [0.25, 0.3) is 0 Å². The zero-order chi connectivity index (χ0) is 15.1. The third-order valence-electron chi connectivity index (χ3n) is 5.00. The summed E-state index contributed by atoms with van der Waals surface area (Å²) in [6, 6.07) is 0. The van der Waals surface area contributed by atoms with Crippen LogP contribution in [-0.2, 0) is 13.5 Å². The van der Waals surface area contributed by atoms with Gasteiger partial charge in [-0.25, -0.2) is 0 Å². The van der Waals surface area contributed by atoms with Crippen molar-refractivity contribution in [3.63, 3.8) is 0 Å². The molecule has 114 valence electrons. The Morgan fingerprint density at radius 3 is 2.60 bits per heavy atom. The highest BCUT2D eigenvalue weighted by atomic mass is 35.5. The van der Waals surface area contributed by atoms with E-state index in [-0.39, 0.29) is 10.8 Å². The number of halogens is 1. The minimum Gasteiger partial charge on any atom is -0.392 e. The maximum atomic E-state index is 10.8. The predicted octanol–water partition coefficient (Wildman–Crippen LogP) is 2.44. The molecule has 1 aliphatic rings. The Balaban J connectivity index is 2.37. The number of nitrogens with zero attached hydrogens (tertiary/aromatic N) is 2. The van der Waals surface area contributed by atoms with E-state index in [1.165, 1.54) is 0 Å². The van der Waals surface area contributed by atoms with Crippen LogP contribution in [0.5, 0.6) is 0 Å². The molecule has 4 nitrogen and oxygen atoms in total. The first kappa shape index (κ1) is 15.8. The molecule has 2 atom stereocenters. The molecule has 20 heavy (non-hydrogen) atoms. The van der Waals surface area contributed by atoms with E-state index in [0.717, 1.165) is 30.7 Å². The molecule has 0 saturated heterocycles. The van der Waals surface area contributed by atoms with Gasteiger partial charge in [0.1, 0.15) is 0 Å². The maximum Gasteiger partial charge on any atom is 0.0847 e. The Labute approximate surface area is 126 Å². The van der Waals surface area contributed by atoms with Crippen molar-refractivity contribution in [2.45, 2.75) is 52.6 Å². The Hall–Kier alpha value is -0.580. The van der Waals surface area contributed by atoms with Crippen molar-refractivity contribution in [2.75, 3.05) is 6.54 Å². The number of hydrogen-bond donors (Lipinski definition) is 2. The predicted molar refractivity (Wildman–Crippen MR) is 81.8 cm³/mol. The lowest BCUT2D eigenvalue weighted by molar-refractivity contribution is -0.0891. The minimum absolute atomic E-state index is 0.0995. The highest BCUT2D eigenvalue weighted by Gasteiger charge is 2.48. The fourth-order valence-corrected chi connectivity index (χ4v) is 3.90. The topological polar surface area (TPSA) is 64.1 Å². The van der Waals surface area contributed by atoms with Crippen molar-refractivity contribution in [1.82, 2.24) is 9.78 Å². The van der Waals surface area contributed by atoms with E-state index >= 15 is 0 Å². The normalized spacial score (nSPS) is 29.6. The molecule has 5 heteroatoms. The summed E-state index contributed by atoms with van der Waals surface area (Å²) in [5.74, 6) is 0. The van der Waals surface area contributed by atoms with E-state index < -0.39 is 6.10 Å². The van der Waals surface area contributed by atoms with Gasteiger partial charge in [-0.1, -0.05) is 31.9 Å². The summed E-state index contributed by atoms with van der Waals surface area (Å²) in [4.78, 5) is 0. The molecular weight excluding hydrogens is 274 g/mol. The molecule has 0 amide bonds. The molecular formula is C15H26ClN3O. The van der Waals surface area contributed by atoms with E-state index in [4.69, 9.17) is 17.3 Å². The van der Waals surface area contributed by atoms with Crippen LogP contribution < -0.4 is 5.73 Å². The first-order valence-corrected chi connectivity index (χ1v) is 7.67. The van der Waals surface area contributed by atoms with Gasteiger partial charge in [0, 0.05) is 25.4 Å². The third kappa shape index (κ3) is 2.49. The summed E-state index contributed by atoms with van der Waals surface area (Å²) in [6.07, 6.45) is 3.34. The monoisotopic (exact) mass is 299 g/mol. The third-order valence-corrected chi connectivity index (χ3v) is 5.50. The van der Waals surface area contributed by atoms with Crippen LogP contribution in [0.15, 0.2) is 0 Å². The SMILES string of the molecule is Cc1nn(C)c(CC2(CN)CCCC(C)(C)C2O)c1Cl. The van der Waals surface area contributed by atoms with Crippen LogP contribution in [0.4, 0.5) is 0 Å². The summed E-state index contributed by atoms with van der Waals surface area (Å²) in [7, 11) is 1.90. The Morgan fingerprint density at radius 2 is 2.10 bits per heavy atom. The molecule has 1 saturated carbocycles. The zero-order valence-corrected chi connectivity index (χ0v) is 13.7. The Kier molecular flexibility index (Phi) is 4.20. The highest BCUT2D eigenvalue weighted by Crippen LogP contribution is 2.48. The highest BCUT2D eigenvalue weighted by molar-refractivity contribution is 6.31. The lowest BCUT2D eigenvalue weighted by Gasteiger charge is -2.49. The average molecular weight is 300 g/mol. The van der Waals surface area contributed by atoms with E-state index in [2.05, 4.69) is 18.9 Å². The van der Waals surface area contributed by atoms with Gasteiger partial charge in [-0.2, -0.15) is 5.10 Å². The molecule has 0 bridgehead atoms. The van der Waals surface area contributed by atoms with E-state index in [0.29, 0.717) is 18.0 Å². The fraction of sp³-hybridized carbons (Fsp3) is 0.800. The van der Waals surface area contributed by atoms with Gasteiger partial charge in [0.05, 0.1) is 22.5 Å². The van der Waals surface area contributed by atoms with Gasteiger partial charge in [0.25, 0.3) is 0 Å². The molecule has 1 heterocycles. The van der Waals surface area contributed by atoms with Crippen molar-refractivity contribution in [3.05, 3.63) is 16.4 Å². The number of hydrogen-bond acceptors (Lipinski definition) is 3. The number of nitrogens with two attached hydrogens (primary N) is 1. The summed E-state index contributed by atoms with van der Waals surface area (Å²) in [5.41, 5.74) is 7.48. The maximum absolute atomic E-state index is 10.8. The van der Waals surface area contributed by atoms with Gasteiger partial charge < -0.3 is 10.8 Å². The van der Waals surface area contributed by atoms with Gasteiger partial charge in [-0.15, -0.1) is 0 Å². The number of aliphatic hydroxyl groups excluding tert-OH is 1. The van der Waals surface area contributed by atoms with Crippen molar-refractivity contribution >= 4 is 11.6 Å². The fourth-order valence-electron chi connectivity index (χ4n) is 3.67. The summed E-state index contributed by atoms with van der Waals surface area (Å²) >= 11 is 6.37. The second-order valence-electron chi connectivity index (χ2n) is 6.96. The van der Waals surface area contributed by atoms with Crippen LogP contribution in [0, 0.1) is 17.8 Å². The molecule has 2 unspecified atom stereocenters. The van der Waals surface area contributed by atoms with Crippen LogP contribution in [0.3, 0.4) is 0 Å². The van der Waals surface area contributed by atoms with Crippen LogP contribution in [-0.4, -0.2) is 27.5 Å². The molecule has 3 N–H and O–H groups in total. The molecule has 1 aromatic rings. The lowest BCUT2D eigenvalue weighted by atomic mass is 9.59. The lowest BCUT2D eigenvalue weighted by Crippen LogP contribution is -2.53. The van der Waals surface area contributed by atoms with Gasteiger partial charge in [0.2, 0.25) is 0 Å². The van der Waals surface area contributed by atoms with Crippen LogP contribution in [0.1, 0.15) is 44.5 Å². The first-order valence-electron chi connectivity index (χ1n) is 7.29. The summed E-state index contributed by atoms with van der Waals surface area (Å²) in [6.45, 7) is 6.62. The molecule has 1 aliphatic carbocycles. The van der Waals surface area contributed by atoms with Crippen molar-refractivity contribution in [1.29, 1.82) is 0 Å². The standard InChI is InChI=1S/C15H26ClN3O/c1-10-12(16)11(19(4)18-10)8-15(9-17)7-5-6-14(2,3)13(15)20/h13,20H,5-9,17H2,1-4H3. The van der Waals surface area contributed by atoms with Crippen LogP contribution in [0.2, 0.25) is 5.02 Å². The molecule has 0 aromatic carbocycles. The zero-order valence-electron chi connectivity index (χ0n) is 12.9. The van der Waals surface area contributed by atoms with E-state index in [1.807, 2.05) is 18.7 Å². The number of aliphatic hydroxyl groups is 1. The van der Waals surface area contributed by atoms with Crippen molar-refractivity contribution in [3.8, 4) is 0 Å². The quantitative estimate of drug-likeness (QED) is 0.901. The Bertz CT molecular complexity index is 498. The number of aromatic nitrogens is 2. The molecule has 1 aromatic heterocycles. The van der Waals surface area contributed by atoms with Crippen molar-refractivity contribution in [2.24, 2.45) is 23.6 Å². The molecule has 2 rings (SSSR count). The van der Waals surface area contributed by atoms with Crippen molar-refractivity contribution < 1.29 is 5.11 Å². The number of rotatable bonds is 3. The van der Waals surface area contributed by atoms with Gasteiger partial charge in [-0.3, -0.25) is 4.68 Å². The largest absolute Gasteiger partial charge is 0.392 e. The molecule has 0 radical (unpaired) electrons. The summed E-state index contributed by atoms with van der Waals surface area (Å²) < 4.78 is 1.82. The molecule has 1 fully saturated rings. The Morgan fingerprint density at radius 1 is 1.45 bits per heavy atom. The second kappa shape index (κ2) is 5.32. The minimum atomic E-state index is -0.417. The average Bonchev–Trinajstić information content (AvgIpc) is 2.61. The van der Waals surface area contributed by atoms with Gasteiger partial charge in [0.15, 0.2) is 0 Å².